The third-order valence-corrected chi connectivity index (χ3v) is 38.7. The summed E-state index contributed by atoms with van der Waals surface area (Å²) in [5, 5.41) is 0. The number of rotatable bonds is 38. The molecule has 16 aromatic rings. The molecule has 0 bridgehead atoms. The average molecular weight is 1610 g/mol. The Balaban J connectivity index is 0.825. The van der Waals surface area contributed by atoms with Gasteiger partial charge in [-0.15, -0.1) is 0 Å². The molecule has 0 heterocycles. The molecule has 0 radical (unpaired) electrons. The molecule has 0 aliphatic heterocycles. The minimum absolute atomic E-state index is 0.111. The largest absolute Gasteiger partial charge is 0.542 e. The van der Waals surface area contributed by atoms with Crippen molar-refractivity contribution in [3.05, 3.63) is 550 Å². The van der Waals surface area contributed by atoms with Gasteiger partial charge in [0.05, 0.1) is 0 Å². The van der Waals surface area contributed by atoms with Crippen molar-refractivity contribution in [3.63, 3.8) is 0 Å². The summed E-state index contributed by atoms with van der Waals surface area (Å²) >= 11 is 0. The Morgan fingerprint density at radius 2 is 0.244 bits per heavy atom. The Kier molecular flexibility index (Phi) is 26.8. The maximum Gasteiger partial charge on any atom is 0.264 e. The molecule has 0 aliphatic rings. The van der Waals surface area contributed by atoms with E-state index in [2.05, 4.69) is 461 Å². The molecule has 119 heavy (non-hydrogen) atoms. The standard InChI is InChI=1S/C111H104O4Si4/c1-13-37-90(38-14-1)78-116(79-91-39-15-2-16-40-91,80-92-41-17-3-18-42-92)112-106-69-61-102(62-70-106)110(103-63-71-107(72-64-103)113-117(81-93-43-19-4-20-44-93,82-94-45-21-5-22-46-94)83-95-47-23-6-24-48-95)77-111(104-65-73-108(74-66-104)114-118(84-96-49-25-7-26-50-96,85-97-51-27-8-28-52-97)86-98-53-29-9-30-54-98)105-67-75-109(76-68-105)115-119(87-99-55-31-10-32-56-99,88-100-57-33-11-34-58-100)89-101-59-35-12-36-60-101/h1-76,110-111H,77-89H2. The Hall–Kier alpha value is -12.4. The van der Waals surface area contributed by atoms with Crippen molar-refractivity contribution in [3.8, 4) is 23.0 Å². The molecule has 0 saturated carbocycles. The molecule has 4 nitrogen and oxygen atoms in total. The molecule has 0 aromatic heterocycles. The first-order valence-electron chi connectivity index (χ1n) is 42.3. The van der Waals surface area contributed by atoms with Crippen LogP contribution in [0, 0.1) is 0 Å². The van der Waals surface area contributed by atoms with Crippen LogP contribution < -0.4 is 17.7 Å². The number of benzene rings is 16. The van der Waals surface area contributed by atoms with Crippen molar-refractivity contribution in [2.24, 2.45) is 0 Å². The predicted molar refractivity (Wildman–Crippen MR) is 501 cm³/mol. The minimum atomic E-state index is -2.77. The molecule has 588 valence electrons. The van der Waals surface area contributed by atoms with E-state index in [1.54, 1.807) is 0 Å². The van der Waals surface area contributed by atoms with Crippen molar-refractivity contribution in [2.45, 2.75) is 90.8 Å². The highest BCUT2D eigenvalue weighted by molar-refractivity contribution is 6.74. The zero-order valence-corrected chi connectivity index (χ0v) is 71.9. The molecule has 0 atom stereocenters. The molecular formula is C111H104O4Si4. The predicted octanol–water partition coefficient (Wildman–Crippen LogP) is 25.7. The Morgan fingerprint density at radius 1 is 0.134 bits per heavy atom. The molecule has 0 saturated heterocycles. The van der Waals surface area contributed by atoms with E-state index in [4.69, 9.17) is 17.7 Å². The Morgan fingerprint density at radius 3 is 0.353 bits per heavy atom. The Labute approximate surface area is 709 Å². The zero-order valence-electron chi connectivity index (χ0n) is 67.9. The summed E-state index contributed by atoms with van der Waals surface area (Å²) in [7, 11) is -11.1. The average Bonchev–Trinajstić information content (AvgIpc) is 0.776. The van der Waals surface area contributed by atoms with Gasteiger partial charge < -0.3 is 17.7 Å². The Bertz CT molecular complexity index is 4540. The number of hydrogen-bond donors (Lipinski definition) is 0. The van der Waals surface area contributed by atoms with E-state index in [-0.39, 0.29) is 11.8 Å². The van der Waals surface area contributed by atoms with Crippen LogP contribution in [-0.4, -0.2) is 33.3 Å². The second-order valence-electron chi connectivity index (χ2n) is 32.7. The van der Waals surface area contributed by atoms with Crippen LogP contribution in [0.4, 0.5) is 0 Å². The van der Waals surface area contributed by atoms with Crippen LogP contribution in [0.5, 0.6) is 23.0 Å². The highest BCUT2D eigenvalue weighted by atomic mass is 28.4. The van der Waals surface area contributed by atoms with Gasteiger partial charge in [0.2, 0.25) is 0 Å². The lowest BCUT2D eigenvalue weighted by Crippen LogP contribution is -2.50. The maximum absolute atomic E-state index is 7.86. The summed E-state index contributed by atoms with van der Waals surface area (Å²) in [5.41, 5.74) is 20.3. The van der Waals surface area contributed by atoms with Gasteiger partial charge in [0.25, 0.3) is 33.3 Å². The van der Waals surface area contributed by atoms with Crippen molar-refractivity contribution in [1.29, 1.82) is 0 Å². The summed E-state index contributed by atoms with van der Waals surface area (Å²) in [5.74, 6) is 3.34. The van der Waals surface area contributed by atoms with Gasteiger partial charge in [-0.25, -0.2) is 0 Å². The van der Waals surface area contributed by atoms with E-state index in [0.29, 0.717) is 0 Å². The molecule has 0 aliphatic carbocycles. The van der Waals surface area contributed by atoms with Crippen LogP contribution in [0.25, 0.3) is 0 Å². The van der Waals surface area contributed by atoms with Gasteiger partial charge in [-0.1, -0.05) is 413 Å². The SMILES string of the molecule is c1ccc(C[Si](Cc2ccccc2)(Cc2ccccc2)Oc2ccc(C(CC(c3ccc(O[Si](Cc4ccccc4)(Cc4ccccc4)Cc4ccccc4)cc3)c3ccc(O[Si](Cc4ccccc4)(Cc4ccccc4)Cc4ccccc4)cc3)c3ccc(O[Si](Cc4ccccc4)(Cc4ccccc4)Cc4ccccc4)cc3)cc2)cc1. The van der Waals surface area contributed by atoms with Gasteiger partial charge in [-0.3, -0.25) is 0 Å². The summed E-state index contributed by atoms with van der Waals surface area (Å²) in [6.45, 7) is 0. The van der Waals surface area contributed by atoms with E-state index in [0.717, 1.165) is 102 Å². The van der Waals surface area contributed by atoms with E-state index in [9.17, 15) is 0 Å². The summed E-state index contributed by atoms with van der Waals surface area (Å²) in [6, 6.07) is 179. The van der Waals surface area contributed by atoms with E-state index in [1.807, 2.05) is 0 Å². The van der Waals surface area contributed by atoms with Crippen LogP contribution in [0.3, 0.4) is 0 Å². The van der Waals surface area contributed by atoms with Crippen LogP contribution in [0.15, 0.2) is 461 Å². The van der Waals surface area contributed by atoms with Gasteiger partial charge in [0, 0.05) is 84.4 Å². The zero-order chi connectivity index (χ0) is 80.5. The number of hydrogen-bond acceptors (Lipinski definition) is 4. The van der Waals surface area contributed by atoms with Crippen LogP contribution >= 0.6 is 0 Å². The summed E-state index contributed by atoms with van der Waals surface area (Å²) in [6.07, 6.45) is 0.730. The fraction of sp³-hybridized carbons (Fsp3) is 0.135. The van der Waals surface area contributed by atoms with Crippen molar-refractivity contribution in [1.82, 2.24) is 0 Å². The van der Waals surface area contributed by atoms with Gasteiger partial charge in [0.1, 0.15) is 23.0 Å². The third-order valence-electron chi connectivity index (χ3n) is 23.4. The monoisotopic (exact) mass is 1610 g/mol. The smallest absolute Gasteiger partial charge is 0.264 e. The summed E-state index contributed by atoms with van der Waals surface area (Å²) in [4.78, 5) is 0. The van der Waals surface area contributed by atoms with Crippen LogP contribution in [0.1, 0.15) is 107 Å². The topological polar surface area (TPSA) is 36.9 Å². The first-order chi connectivity index (χ1) is 58.7. The fourth-order valence-electron chi connectivity index (χ4n) is 18.0. The van der Waals surface area contributed by atoms with Gasteiger partial charge in [-0.05, 0) is 144 Å². The van der Waals surface area contributed by atoms with Gasteiger partial charge in [0.15, 0.2) is 0 Å². The quantitative estimate of drug-likeness (QED) is 0.0362. The molecule has 8 heteroatoms. The molecule has 0 unspecified atom stereocenters. The van der Waals surface area contributed by atoms with E-state index < -0.39 is 33.3 Å². The van der Waals surface area contributed by atoms with Crippen molar-refractivity contribution >= 4 is 33.3 Å². The molecule has 16 aromatic carbocycles. The fourth-order valence-corrected chi connectivity index (χ4v) is 34.7. The molecule has 0 fully saturated rings. The van der Waals surface area contributed by atoms with Crippen molar-refractivity contribution in [2.75, 3.05) is 0 Å². The van der Waals surface area contributed by atoms with Crippen molar-refractivity contribution < 1.29 is 17.7 Å². The molecule has 0 N–H and O–H groups in total. The van der Waals surface area contributed by atoms with Gasteiger partial charge >= 0.3 is 0 Å². The van der Waals surface area contributed by atoms with Crippen LogP contribution in [-0.2, 0) is 72.5 Å². The molecule has 0 amide bonds. The molecule has 0 spiro atoms. The second kappa shape index (κ2) is 39.7. The first-order valence-corrected chi connectivity index (χ1v) is 52.4. The molecule has 16 rings (SSSR count). The lowest BCUT2D eigenvalue weighted by atomic mass is 9.78. The van der Waals surface area contributed by atoms with Gasteiger partial charge in [-0.2, -0.15) is 0 Å². The highest BCUT2D eigenvalue weighted by Gasteiger charge is 2.43. The highest BCUT2D eigenvalue weighted by Crippen LogP contribution is 2.43. The first kappa shape index (κ1) is 80.4. The minimum Gasteiger partial charge on any atom is -0.542 e. The van der Waals surface area contributed by atoms with Crippen LogP contribution in [0.2, 0.25) is 0 Å². The maximum atomic E-state index is 7.86. The lowest BCUT2D eigenvalue weighted by Gasteiger charge is -2.34. The second-order valence-corrected chi connectivity index (χ2v) is 47.2. The van der Waals surface area contributed by atoms with E-state index >= 15 is 0 Å². The summed E-state index contributed by atoms with van der Waals surface area (Å²) < 4.78 is 31.4. The van der Waals surface area contributed by atoms with E-state index in [1.165, 1.54) is 89.0 Å². The third kappa shape index (κ3) is 22.7. The molecular weight excluding hydrogens is 1510 g/mol. The normalized spacial score (nSPS) is 11.8. The lowest BCUT2D eigenvalue weighted by molar-refractivity contribution is 0.523.